The molecule has 21 heavy (non-hydrogen) atoms. The molecule has 0 N–H and O–H groups in total. The molecule has 1 aliphatic carbocycles. The summed E-state index contributed by atoms with van der Waals surface area (Å²) in [6.45, 7) is 0. The van der Waals surface area contributed by atoms with E-state index < -0.39 is 0 Å². The smallest absolute Gasteiger partial charge is 0.158 e. The molecule has 3 rings (SSSR count). The monoisotopic (exact) mass is 278 g/mol. The quantitative estimate of drug-likeness (QED) is 0.738. The van der Waals surface area contributed by atoms with Gasteiger partial charge in [0.2, 0.25) is 0 Å². The third kappa shape index (κ3) is 3.60. The Morgan fingerprint density at radius 3 is 2.19 bits per heavy atom. The van der Waals surface area contributed by atoms with Gasteiger partial charge in [-0.25, -0.2) is 0 Å². The third-order valence-corrected chi connectivity index (χ3v) is 3.66. The summed E-state index contributed by atoms with van der Waals surface area (Å²) in [4.78, 5) is 11.8. The zero-order valence-corrected chi connectivity index (χ0v) is 11.9. The number of Topliss-reactive ketones (excluding diaryl/α,β-unsaturated/α-hetero) is 1. The molecule has 1 fully saturated rings. The van der Waals surface area contributed by atoms with E-state index in [4.69, 9.17) is 4.74 Å². The summed E-state index contributed by atoms with van der Waals surface area (Å²) >= 11 is 0. The average molecular weight is 278 g/mol. The van der Waals surface area contributed by atoms with E-state index >= 15 is 0 Å². The van der Waals surface area contributed by atoms with Crippen LogP contribution in [0.25, 0.3) is 6.08 Å². The van der Waals surface area contributed by atoms with Gasteiger partial charge < -0.3 is 4.74 Å². The van der Waals surface area contributed by atoms with Crippen LogP contribution in [-0.4, -0.2) is 5.78 Å². The fraction of sp³-hybridized carbons (Fsp3) is 0.211. The highest BCUT2D eigenvalue weighted by molar-refractivity contribution is 6.00. The minimum Gasteiger partial charge on any atom is -0.457 e. The Morgan fingerprint density at radius 2 is 1.48 bits per heavy atom. The maximum absolute atomic E-state index is 11.8. The van der Waals surface area contributed by atoms with E-state index in [1.54, 1.807) is 0 Å². The van der Waals surface area contributed by atoms with E-state index in [0.29, 0.717) is 12.2 Å². The van der Waals surface area contributed by atoms with Crippen molar-refractivity contribution in [2.24, 2.45) is 0 Å². The molecule has 0 atom stereocenters. The first-order valence-electron chi connectivity index (χ1n) is 7.38. The molecule has 0 aromatic heterocycles. The highest BCUT2D eigenvalue weighted by atomic mass is 16.5. The Bertz CT molecular complexity index is 639. The van der Waals surface area contributed by atoms with Gasteiger partial charge >= 0.3 is 0 Å². The standard InChI is InChI=1S/C19H18O2/c20-19-9-5-4-6-16(19)14-15-10-12-18(13-11-15)21-17-7-2-1-3-8-17/h1-3,7-8,10-14H,4-6,9H2. The van der Waals surface area contributed by atoms with Crippen LogP contribution in [0.15, 0.2) is 60.2 Å². The summed E-state index contributed by atoms with van der Waals surface area (Å²) < 4.78 is 5.76. The Labute approximate surface area is 125 Å². The lowest BCUT2D eigenvalue weighted by atomic mass is 9.92. The van der Waals surface area contributed by atoms with Crippen LogP contribution in [0.5, 0.6) is 11.5 Å². The van der Waals surface area contributed by atoms with Gasteiger partial charge in [-0.15, -0.1) is 0 Å². The van der Waals surface area contributed by atoms with Crippen LogP contribution < -0.4 is 4.74 Å². The van der Waals surface area contributed by atoms with E-state index in [0.717, 1.165) is 41.9 Å². The van der Waals surface area contributed by atoms with Crippen molar-refractivity contribution in [1.29, 1.82) is 0 Å². The van der Waals surface area contributed by atoms with E-state index in [1.165, 1.54) is 0 Å². The highest BCUT2D eigenvalue weighted by Crippen LogP contribution is 2.24. The Kier molecular flexibility index (Phi) is 4.15. The molecular weight excluding hydrogens is 260 g/mol. The molecule has 0 amide bonds. The number of ketones is 1. The Morgan fingerprint density at radius 1 is 0.810 bits per heavy atom. The number of carbonyl (C=O) groups is 1. The van der Waals surface area contributed by atoms with Crippen LogP contribution >= 0.6 is 0 Å². The molecule has 0 heterocycles. The number of hydrogen-bond donors (Lipinski definition) is 0. The fourth-order valence-electron chi connectivity index (χ4n) is 2.51. The first-order valence-corrected chi connectivity index (χ1v) is 7.38. The van der Waals surface area contributed by atoms with E-state index in [-0.39, 0.29) is 0 Å². The van der Waals surface area contributed by atoms with E-state index in [2.05, 4.69) is 0 Å². The number of ether oxygens (including phenoxy) is 1. The van der Waals surface area contributed by atoms with E-state index in [1.807, 2.05) is 60.7 Å². The fourth-order valence-corrected chi connectivity index (χ4v) is 2.51. The van der Waals surface area contributed by atoms with Gasteiger partial charge in [0, 0.05) is 6.42 Å². The van der Waals surface area contributed by atoms with E-state index in [9.17, 15) is 4.79 Å². The molecule has 1 saturated carbocycles. The molecule has 106 valence electrons. The first-order chi connectivity index (χ1) is 10.3. The topological polar surface area (TPSA) is 26.3 Å². The predicted octanol–water partition coefficient (Wildman–Crippen LogP) is 5.01. The second-order valence-electron chi connectivity index (χ2n) is 5.28. The lowest BCUT2D eigenvalue weighted by Gasteiger charge is -2.12. The van der Waals surface area contributed by atoms with Crippen molar-refractivity contribution >= 4 is 11.9 Å². The molecule has 2 heteroatoms. The second-order valence-corrected chi connectivity index (χ2v) is 5.28. The van der Waals surface area contributed by atoms with Crippen molar-refractivity contribution in [3.05, 3.63) is 65.7 Å². The summed E-state index contributed by atoms with van der Waals surface area (Å²) in [6.07, 6.45) is 5.75. The van der Waals surface area contributed by atoms with Crippen molar-refractivity contribution in [2.45, 2.75) is 25.7 Å². The molecule has 0 saturated heterocycles. The summed E-state index contributed by atoms with van der Waals surface area (Å²) in [5.74, 6) is 1.93. The maximum Gasteiger partial charge on any atom is 0.158 e. The van der Waals surface area contributed by atoms with Crippen LogP contribution in [0, 0.1) is 0 Å². The van der Waals surface area contributed by atoms with Crippen LogP contribution in [0.2, 0.25) is 0 Å². The molecular formula is C19H18O2. The average Bonchev–Trinajstić information content (AvgIpc) is 2.52. The SMILES string of the molecule is O=C1CCCCC1=Cc1ccc(Oc2ccccc2)cc1. The van der Waals surface area contributed by atoms with Crippen LogP contribution in [0.3, 0.4) is 0 Å². The molecule has 0 unspecified atom stereocenters. The van der Waals surface area contributed by atoms with Gasteiger partial charge in [-0.3, -0.25) is 4.79 Å². The summed E-state index contributed by atoms with van der Waals surface area (Å²) in [5, 5.41) is 0. The van der Waals surface area contributed by atoms with Crippen LogP contribution in [-0.2, 0) is 4.79 Å². The molecule has 2 aromatic carbocycles. The maximum atomic E-state index is 11.8. The summed E-state index contributed by atoms with van der Waals surface area (Å²) in [7, 11) is 0. The molecule has 2 aromatic rings. The molecule has 2 nitrogen and oxygen atoms in total. The van der Waals surface area contributed by atoms with Crippen molar-refractivity contribution in [3.63, 3.8) is 0 Å². The molecule has 0 spiro atoms. The number of allylic oxidation sites excluding steroid dienone is 1. The lowest BCUT2D eigenvalue weighted by Crippen LogP contribution is -2.07. The first kappa shape index (κ1) is 13.6. The van der Waals surface area contributed by atoms with Gasteiger partial charge in [-0.1, -0.05) is 30.3 Å². The van der Waals surface area contributed by atoms with Crippen molar-refractivity contribution in [1.82, 2.24) is 0 Å². The molecule has 0 aliphatic heterocycles. The Hall–Kier alpha value is -2.35. The number of carbonyl (C=O) groups excluding carboxylic acids is 1. The minimum absolute atomic E-state index is 0.297. The van der Waals surface area contributed by atoms with Gasteiger partial charge in [-0.05, 0) is 60.7 Å². The van der Waals surface area contributed by atoms with Crippen molar-refractivity contribution in [3.8, 4) is 11.5 Å². The second kappa shape index (κ2) is 6.40. The summed E-state index contributed by atoms with van der Waals surface area (Å²) in [5.41, 5.74) is 2.01. The van der Waals surface area contributed by atoms with Crippen molar-refractivity contribution < 1.29 is 9.53 Å². The summed E-state index contributed by atoms with van der Waals surface area (Å²) in [6, 6.07) is 17.6. The van der Waals surface area contributed by atoms with Gasteiger partial charge in [0.15, 0.2) is 5.78 Å². The largest absolute Gasteiger partial charge is 0.457 e. The van der Waals surface area contributed by atoms with Crippen LogP contribution in [0.1, 0.15) is 31.2 Å². The lowest BCUT2D eigenvalue weighted by molar-refractivity contribution is -0.116. The third-order valence-electron chi connectivity index (χ3n) is 3.66. The normalized spacial score (nSPS) is 17.0. The van der Waals surface area contributed by atoms with Crippen molar-refractivity contribution in [2.75, 3.05) is 0 Å². The number of benzene rings is 2. The zero-order valence-electron chi connectivity index (χ0n) is 11.9. The van der Waals surface area contributed by atoms with Gasteiger partial charge in [-0.2, -0.15) is 0 Å². The number of para-hydroxylation sites is 1. The number of hydrogen-bond acceptors (Lipinski definition) is 2. The predicted molar refractivity (Wildman–Crippen MR) is 84.4 cm³/mol. The van der Waals surface area contributed by atoms with Gasteiger partial charge in [0.1, 0.15) is 11.5 Å². The minimum atomic E-state index is 0.297. The highest BCUT2D eigenvalue weighted by Gasteiger charge is 2.14. The Balaban J connectivity index is 1.72. The van der Waals surface area contributed by atoms with Crippen LogP contribution in [0.4, 0.5) is 0 Å². The molecule has 0 bridgehead atoms. The zero-order chi connectivity index (χ0) is 14.5. The van der Waals surface area contributed by atoms with Gasteiger partial charge in [0.05, 0.1) is 0 Å². The molecule has 0 radical (unpaired) electrons. The van der Waals surface area contributed by atoms with Gasteiger partial charge in [0.25, 0.3) is 0 Å². The number of rotatable bonds is 3. The molecule has 1 aliphatic rings.